The van der Waals surface area contributed by atoms with E-state index in [2.05, 4.69) is 5.32 Å². The lowest BCUT2D eigenvalue weighted by molar-refractivity contribution is -0.384. The number of nitrogens with one attached hydrogen (secondary N) is 1. The third-order valence-corrected chi connectivity index (χ3v) is 2.91. The highest BCUT2D eigenvalue weighted by Gasteiger charge is 2.10. The predicted octanol–water partition coefficient (Wildman–Crippen LogP) is 1.70. The highest BCUT2D eigenvalue weighted by molar-refractivity contribution is 5.90. The summed E-state index contributed by atoms with van der Waals surface area (Å²) in [5, 5.41) is 13.2. The van der Waals surface area contributed by atoms with Gasteiger partial charge in [-0.3, -0.25) is 19.7 Å². The zero-order valence-corrected chi connectivity index (χ0v) is 11.3. The van der Waals surface area contributed by atoms with Crippen LogP contribution in [0.1, 0.15) is 5.69 Å². The summed E-state index contributed by atoms with van der Waals surface area (Å²) in [7, 11) is 0. The summed E-state index contributed by atoms with van der Waals surface area (Å²) in [6, 6.07) is 10.3. The number of nitrogens with zero attached hydrogens (tertiary/aromatic N) is 2. The van der Waals surface area contributed by atoms with Crippen molar-refractivity contribution < 1.29 is 9.72 Å². The number of pyridine rings is 1. The van der Waals surface area contributed by atoms with Crippen molar-refractivity contribution in [2.75, 3.05) is 5.32 Å². The number of nitro benzene ring substituents is 1. The molecule has 108 valence electrons. The minimum Gasteiger partial charge on any atom is -0.324 e. The van der Waals surface area contributed by atoms with Crippen molar-refractivity contribution in [2.24, 2.45) is 0 Å². The Morgan fingerprint density at radius 2 is 2.00 bits per heavy atom. The van der Waals surface area contributed by atoms with Gasteiger partial charge in [-0.2, -0.15) is 0 Å². The van der Waals surface area contributed by atoms with Crippen molar-refractivity contribution in [3.05, 3.63) is 68.6 Å². The van der Waals surface area contributed by atoms with E-state index >= 15 is 0 Å². The standard InChI is InChI=1S/C14H13N3O4/c1-10-4-2-7-14(19)16(10)9-13(18)15-11-5-3-6-12(8-11)17(20)21/h2-8H,9H2,1H3,(H,15,18). The number of hydrogen-bond donors (Lipinski definition) is 1. The van der Waals surface area contributed by atoms with Crippen LogP contribution in [0.2, 0.25) is 0 Å². The van der Waals surface area contributed by atoms with E-state index in [9.17, 15) is 19.7 Å². The van der Waals surface area contributed by atoms with E-state index < -0.39 is 10.8 Å². The lowest BCUT2D eigenvalue weighted by Crippen LogP contribution is -2.28. The first kappa shape index (κ1) is 14.4. The van der Waals surface area contributed by atoms with Crippen molar-refractivity contribution in [3.63, 3.8) is 0 Å². The first-order valence-corrected chi connectivity index (χ1v) is 6.18. The number of aryl methyl sites for hydroxylation is 1. The molecule has 0 bridgehead atoms. The van der Waals surface area contributed by atoms with Crippen molar-refractivity contribution in [1.82, 2.24) is 4.57 Å². The highest BCUT2D eigenvalue weighted by atomic mass is 16.6. The maximum Gasteiger partial charge on any atom is 0.271 e. The Balaban J connectivity index is 2.14. The number of amides is 1. The maximum absolute atomic E-state index is 11.9. The van der Waals surface area contributed by atoms with Gasteiger partial charge in [-0.25, -0.2) is 0 Å². The second-order valence-electron chi connectivity index (χ2n) is 4.45. The quantitative estimate of drug-likeness (QED) is 0.684. The largest absolute Gasteiger partial charge is 0.324 e. The van der Waals surface area contributed by atoms with Gasteiger partial charge in [0.15, 0.2) is 0 Å². The molecule has 0 fully saturated rings. The van der Waals surface area contributed by atoms with Gasteiger partial charge in [0.05, 0.1) is 4.92 Å². The van der Waals surface area contributed by atoms with Crippen molar-refractivity contribution in [1.29, 1.82) is 0 Å². The number of non-ortho nitro benzene ring substituents is 1. The molecular weight excluding hydrogens is 274 g/mol. The normalized spacial score (nSPS) is 10.1. The van der Waals surface area contributed by atoms with Crippen molar-refractivity contribution in [3.8, 4) is 0 Å². The van der Waals surface area contributed by atoms with Gasteiger partial charge in [-0.1, -0.05) is 12.1 Å². The minimum atomic E-state index is -0.540. The summed E-state index contributed by atoms with van der Waals surface area (Å²) in [4.78, 5) is 33.7. The predicted molar refractivity (Wildman–Crippen MR) is 77.2 cm³/mol. The Bertz CT molecular complexity index is 752. The summed E-state index contributed by atoms with van der Waals surface area (Å²) in [5.41, 5.74) is 0.595. The molecule has 1 heterocycles. The van der Waals surface area contributed by atoms with Gasteiger partial charge in [-0.05, 0) is 19.1 Å². The summed E-state index contributed by atoms with van der Waals surface area (Å²) in [5.74, 6) is -0.424. The van der Waals surface area contributed by atoms with Gasteiger partial charge >= 0.3 is 0 Å². The Morgan fingerprint density at radius 1 is 1.29 bits per heavy atom. The molecule has 0 radical (unpaired) electrons. The molecule has 1 N–H and O–H groups in total. The molecule has 0 atom stereocenters. The zero-order chi connectivity index (χ0) is 15.4. The molecule has 7 heteroatoms. The van der Waals surface area contributed by atoms with Gasteiger partial charge < -0.3 is 9.88 Å². The van der Waals surface area contributed by atoms with Crippen LogP contribution in [0.5, 0.6) is 0 Å². The molecule has 2 rings (SSSR count). The number of rotatable bonds is 4. The first-order chi connectivity index (χ1) is 9.97. The summed E-state index contributed by atoms with van der Waals surface area (Å²) in [6.45, 7) is 1.58. The van der Waals surface area contributed by atoms with Crippen LogP contribution in [-0.4, -0.2) is 15.4 Å². The molecule has 21 heavy (non-hydrogen) atoms. The lowest BCUT2D eigenvalue weighted by atomic mass is 10.3. The third-order valence-electron chi connectivity index (χ3n) is 2.91. The fraction of sp³-hybridized carbons (Fsp3) is 0.143. The Hall–Kier alpha value is -2.96. The summed E-state index contributed by atoms with van der Waals surface area (Å²) < 4.78 is 1.33. The molecule has 7 nitrogen and oxygen atoms in total. The van der Waals surface area contributed by atoms with Gasteiger partial charge in [-0.15, -0.1) is 0 Å². The molecule has 0 saturated heterocycles. The number of benzene rings is 1. The van der Waals surface area contributed by atoms with Gasteiger partial charge in [0.2, 0.25) is 5.91 Å². The van der Waals surface area contributed by atoms with Crippen LogP contribution < -0.4 is 10.9 Å². The maximum atomic E-state index is 11.9. The number of nitro groups is 1. The van der Waals surface area contributed by atoms with E-state index in [0.29, 0.717) is 11.4 Å². The molecule has 0 aliphatic heterocycles. The van der Waals surface area contributed by atoms with E-state index in [1.165, 1.54) is 28.8 Å². The number of hydrogen-bond acceptors (Lipinski definition) is 4. The zero-order valence-electron chi connectivity index (χ0n) is 11.3. The van der Waals surface area contributed by atoms with E-state index in [1.54, 1.807) is 25.1 Å². The molecule has 0 unspecified atom stereocenters. The SMILES string of the molecule is Cc1cccc(=O)n1CC(=O)Nc1cccc([N+](=O)[O-])c1. The average Bonchev–Trinajstić information content (AvgIpc) is 2.43. The van der Waals surface area contributed by atoms with E-state index in [4.69, 9.17) is 0 Å². The molecule has 2 aromatic rings. The fourth-order valence-electron chi connectivity index (χ4n) is 1.87. The van der Waals surface area contributed by atoms with Crippen LogP contribution >= 0.6 is 0 Å². The van der Waals surface area contributed by atoms with Crippen LogP contribution in [0.25, 0.3) is 0 Å². The van der Waals surface area contributed by atoms with E-state index in [0.717, 1.165) is 0 Å². The molecular formula is C14H13N3O4. The Morgan fingerprint density at radius 3 is 2.67 bits per heavy atom. The number of aromatic nitrogens is 1. The molecule has 1 amide bonds. The number of carbonyl (C=O) groups excluding carboxylic acids is 1. The van der Waals surface area contributed by atoms with Crippen LogP contribution in [0.3, 0.4) is 0 Å². The van der Waals surface area contributed by atoms with Crippen molar-refractivity contribution in [2.45, 2.75) is 13.5 Å². The lowest BCUT2D eigenvalue weighted by Gasteiger charge is -2.09. The Labute approximate surface area is 120 Å². The summed E-state index contributed by atoms with van der Waals surface area (Å²) >= 11 is 0. The van der Waals surface area contributed by atoms with Gasteiger partial charge in [0, 0.05) is 29.6 Å². The van der Waals surface area contributed by atoms with Gasteiger partial charge in [0.1, 0.15) is 6.54 Å². The molecule has 0 aliphatic carbocycles. The number of anilines is 1. The van der Waals surface area contributed by atoms with Crippen LogP contribution in [0.4, 0.5) is 11.4 Å². The smallest absolute Gasteiger partial charge is 0.271 e. The highest BCUT2D eigenvalue weighted by Crippen LogP contribution is 2.16. The third kappa shape index (κ3) is 3.53. The van der Waals surface area contributed by atoms with Crippen LogP contribution in [0.15, 0.2) is 47.3 Å². The molecule has 0 saturated carbocycles. The first-order valence-electron chi connectivity index (χ1n) is 6.18. The van der Waals surface area contributed by atoms with Crippen LogP contribution in [0, 0.1) is 17.0 Å². The topological polar surface area (TPSA) is 94.2 Å². The minimum absolute atomic E-state index is 0.110. The van der Waals surface area contributed by atoms with E-state index in [1.807, 2.05) is 0 Å². The molecule has 0 aliphatic rings. The molecule has 0 spiro atoms. The monoisotopic (exact) mass is 287 g/mol. The Kier molecular flexibility index (Phi) is 4.13. The second-order valence-corrected chi connectivity index (χ2v) is 4.45. The summed E-state index contributed by atoms with van der Waals surface area (Å²) in [6.07, 6.45) is 0. The second kappa shape index (κ2) is 6.00. The fourth-order valence-corrected chi connectivity index (χ4v) is 1.87. The number of carbonyl (C=O) groups is 1. The average molecular weight is 287 g/mol. The molecule has 1 aromatic carbocycles. The van der Waals surface area contributed by atoms with E-state index in [-0.39, 0.29) is 17.8 Å². The van der Waals surface area contributed by atoms with Crippen LogP contribution in [-0.2, 0) is 11.3 Å². The van der Waals surface area contributed by atoms with Gasteiger partial charge in [0.25, 0.3) is 11.2 Å². The molecule has 1 aromatic heterocycles. The van der Waals surface area contributed by atoms with Crippen molar-refractivity contribution >= 4 is 17.3 Å².